The molecule has 0 spiro atoms. The fraction of sp³-hybridized carbons (Fsp3) is 0.353. The van der Waals surface area contributed by atoms with E-state index in [1.165, 1.54) is 11.1 Å². The van der Waals surface area contributed by atoms with Gasteiger partial charge in [-0.2, -0.15) is 0 Å². The maximum atomic E-state index is 10.6. The number of nitrogens with zero attached hydrogens (tertiary/aromatic N) is 1. The highest BCUT2D eigenvalue weighted by molar-refractivity contribution is 5.31. The molecule has 1 N–H and O–H groups in total. The molecule has 0 fully saturated rings. The highest BCUT2D eigenvalue weighted by Crippen LogP contribution is 2.34. The van der Waals surface area contributed by atoms with Gasteiger partial charge in [-0.1, -0.05) is 24.3 Å². The number of aryl methyl sites for hydroxylation is 2. The van der Waals surface area contributed by atoms with E-state index in [0.717, 1.165) is 30.4 Å². The number of hydrogen-bond acceptors (Lipinski definition) is 2. The van der Waals surface area contributed by atoms with Gasteiger partial charge in [0.2, 0.25) is 0 Å². The molecule has 1 aliphatic carbocycles. The molecule has 1 aliphatic rings. The standard InChI is InChI=1S/C17H19NO/c1-12-8-9-18-11-16(12)17(19)15-7-6-13-4-2-3-5-14(13)10-15/h2-5,8-9,11,15,17,19H,6-7,10H2,1H3. The maximum absolute atomic E-state index is 10.6. The summed E-state index contributed by atoms with van der Waals surface area (Å²) in [5.41, 5.74) is 4.93. The van der Waals surface area contributed by atoms with E-state index in [1.807, 2.05) is 13.0 Å². The van der Waals surface area contributed by atoms with E-state index in [9.17, 15) is 5.11 Å². The minimum atomic E-state index is -0.401. The van der Waals surface area contributed by atoms with Crippen LogP contribution in [-0.2, 0) is 12.8 Å². The molecule has 0 aliphatic heterocycles. The van der Waals surface area contributed by atoms with Crippen LogP contribution < -0.4 is 0 Å². The lowest BCUT2D eigenvalue weighted by Crippen LogP contribution is -2.21. The van der Waals surface area contributed by atoms with Crippen molar-refractivity contribution in [2.75, 3.05) is 0 Å². The molecule has 2 unspecified atom stereocenters. The van der Waals surface area contributed by atoms with Gasteiger partial charge in [0.1, 0.15) is 0 Å². The van der Waals surface area contributed by atoms with Gasteiger partial charge in [0.05, 0.1) is 6.10 Å². The minimum absolute atomic E-state index is 0.304. The minimum Gasteiger partial charge on any atom is -0.388 e. The fourth-order valence-corrected chi connectivity index (χ4v) is 3.04. The second kappa shape index (κ2) is 5.14. The zero-order chi connectivity index (χ0) is 13.2. The SMILES string of the molecule is Cc1ccncc1C(O)C1CCc2ccccc2C1. The molecular weight excluding hydrogens is 234 g/mol. The lowest BCUT2D eigenvalue weighted by Gasteiger charge is -2.29. The van der Waals surface area contributed by atoms with Crippen molar-refractivity contribution in [1.82, 2.24) is 4.98 Å². The van der Waals surface area contributed by atoms with Crippen LogP contribution in [0.1, 0.15) is 34.8 Å². The third kappa shape index (κ3) is 2.41. The molecule has 2 nitrogen and oxygen atoms in total. The molecule has 19 heavy (non-hydrogen) atoms. The Labute approximate surface area is 114 Å². The van der Waals surface area contributed by atoms with Crippen LogP contribution in [0.25, 0.3) is 0 Å². The van der Waals surface area contributed by atoms with E-state index in [2.05, 4.69) is 29.2 Å². The summed E-state index contributed by atoms with van der Waals surface area (Å²) in [6.45, 7) is 2.04. The summed E-state index contributed by atoms with van der Waals surface area (Å²) in [6.07, 6.45) is 6.26. The van der Waals surface area contributed by atoms with Gasteiger partial charge in [-0.05, 0) is 54.9 Å². The van der Waals surface area contributed by atoms with Gasteiger partial charge in [0.15, 0.2) is 0 Å². The highest BCUT2D eigenvalue weighted by Gasteiger charge is 2.26. The second-order valence-corrected chi connectivity index (χ2v) is 5.45. The number of hydrogen-bond donors (Lipinski definition) is 1. The molecule has 2 aromatic rings. The zero-order valence-electron chi connectivity index (χ0n) is 11.2. The first-order valence-electron chi connectivity index (χ1n) is 6.91. The average Bonchev–Trinajstić information content (AvgIpc) is 2.46. The number of pyridine rings is 1. The Balaban J connectivity index is 1.83. The Kier molecular flexibility index (Phi) is 3.34. The van der Waals surface area contributed by atoms with Crippen molar-refractivity contribution in [2.45, 2.75) is 32.3 Å². The van der Waals surface area contributed by atoms with Crippen LogP contribution in [0, 0.1) is 12.8 Å². The molecule has 0 saturated heterocycles. The van der Waals surface area contributed by atoms with Crippen molar-refractivity contribution < 1.29 is 5.11 Å². The normalized spacial score (nSPS) is 19.8. The quantitative estimate of drug-likeness (QED) is 0.891. The van der Waals surface area contributed by atoms with Crippen molar-refractivity contribution in [3.63, 3.8) is 0 Å². The second-order valence-electron chi connectivity index (χ2n) is 5.45. The predicted molar refractivity (Wildman–Crippen MR) is 75.9 cm³/mol. The van der Waals surface area contributed by atoms with Gasteiger partial charge in [0.25, 0.3) is 0 Å². The van der Waals surface area contributed by atoms with Crippen LogP contribution in [-0.4, -0.2) is 10.1 Å². The zero-order valence-corrected chi connectivity index (χ0v) is 11.2. The topological polar surface area (TPSA) is 33.1 Å². The van der Waals surface area contributed by atoms with Gasteiger partial charge in [-0.3, -0.25) is 4.98 Å². The van der Waals surface area contributed by atoms with Crippen molar-refractivity contribution >= 4 is 0 Å². The van der Waals surface area contributed by atoms with Crippen LogP contribution in [0.5, 0.6) is 0 Å². The summed E-state index contributed by atoms with van der Waals surface area (Å²) in [5.74, 6) is 0.304. The van der Waals surface area contributed by atoms with Crippen molar-refractivity contribution in [1.29, 1.82) is 0 Å². The number of benzene rings is 1. The molecule has 2 atom stereocenters. The molecule has 0 radical (unpaired) electrons. The summed E-state index contributed by atoms with van der Waals surface area (Å²) in [5, 5.41) is 10.6. The van der Waals surface area contributed by atoms with Gasteiger partial charge in [-0.25, -0.2) is 0 Å². The Morgan fingerprint density at radius 2 is 2.00 bits per heavy atom. The number of aliphatic hydroxyl groups excluding tert-OH is 1. The first-order valence-corrected chi connectivity index (χ1v) is 6.91. The molecule has 3 rings (SSSR count). The van der Waals surface area contributed by atoms with E-state index in [0.29, 0.717) is 5.92 Å². The molecule has 0 bridgehead atoms. The number of fused-ring (bicyclic) bond motifs is 1. The van der Waals surface area contributed by atoms with E-state index in [1.54, 1.807) is 12.4 Å². The fourth-order valence-electron chi connectivity index (χ4n) is 3.04. The molecule has 1 aromatic heterocycles. The summed E-state index contributed by atoms with van der Waals surface area (Å²) in [6, 6.07) is 10.5. The lowest BCUT2D eigenvalue weighted by molar-refractivity contribution is 0.0986. The van der Waals surface area contributed by atoms with Crippen LogP contribution >= 0.6 is 0 Å². The van der Waals surface area contributed by atoms with E-state index < -0.39 is 6.10 Å². The summed E-state index contributed by atoms with van der Waals surface area (Å²) in [7, 11) is 0. The molecule has 2 heteroatoms. The largest absolute Gasteiger partial charge is 0.388 e. The average molecular weight is 253 g/mol. The van der Waals surface area contributed by atoms with Crippen LogP contribution in [0.4, 0.5) is 0 Å². The van der Waals surface area contributed by atoms with Crippen molar-refractivity contribution in [2.24, 2.45) is 5.92 Å². The number of rotatable bonds is 2. The summed E-state index contributed by atoms with van der Waals surface area (Å²) < 4.78 is 0. The molecule has 1 aromatic carbocycles. The lowest BCUT2D eigenvalue weighted by atomic mass is 9.79. The smallest absolute Gasteiger partial charge is 0.0838 e. The maximum Gasteiger partial charge on any atom is 0.0838 e. The number of aromatic nitrogens is 1. The third-order valence-electron chi connectivity index (χ3n) is 4.23. The molecular formula is C17H19NO. The molecule has 1 heterocycles. The van der Waals surface area contributed by atoms with Crippen molar-refractivity contribution in [3.05, 3.63) is 65.0 Å². The Hall–Kier alpha value is -1.67. The monoisotopic (exact) mass is 253 g/mol. The van der Waals surface area contributed by atoms with E-state index >= 15 is 0 Å². The predicted octanol–water partition coefficient (Wildman–Crippen LogP) is 3.23. The highest BCUT2D eigenvalue weighted by atomic mass is 16.3. The van der Waals surface area contributed by atoms with Crippen LogP contribution in [0.15, 0.2) is 42.7 Å². The molecule has 0 saturated carbocycles. The Morgan fingerprint density at radius 3 is 2.79 bits per heavy atom. The van der Waals surface area contributed by atoms with Crippen LogP contribution in [0.3, 0.4) is 0 Å². The van der Waals surface area contributed by atoms with Gasteiger partial charge < -0.3 is 5.11 Å². The number of aliphatic hydroxyl groups is 1. The third-order valence-corrected chi connectivity index (χ3v) is 4.23. The molecule has 0 amide bonds. The first-order chi connectivity index (χ1) is 9.25. The molecule has 98 valence electrons. The van der Waals surface area contributed by atoms with Crippen molar-refractivity contribution in [3.8, 4) is 0 Å². The Bertz CT molecular complexity index is 579. The first kappa shape index (κ1) is 12.4. The van der Waals surface area contributed by atoms with Gasteiger partial charge in [-0.15, -0.1) is 0 Å². The van der Waals surface area contributed by atoms with E-state index in [4.69, 9.17) is 0 Å². The Morgan fingerprint density at radius 1 is 1.21 bits per heavy atom. The summed E-state index contributed by atoms with van der Waals surface area (Å²) >= 11 is 0. The van der Waals surface area contributed by atoms with Gasteiger partial charge >= 0.3 is 0 Å². The van der Waals surface area contributed by atoms with E-state index in [-0.39, 0.29) is 0 Å². The van der Waals surface area contributed by atoms with Crippen LogP contribution in [0.2, 0.25) is 0 Å². The van der Waals surface area contributed by atoms with Gasteiger partial charge in [0, 0.05) is 18.0 Å². The summed E-state index contributed by atoms with van der Waals surface area (Å²) in [4.78, 5) is 4.15.